The van der Waals surface area contributed by atoms with Gasteiger partial charge in [0.1, 0.15) is 10.7 Å². The summed E-state index contributed by atoms with van der Waals surface area (Å²) in [4.78, 5) is 19.8. The van der Waals surface area contributed by atoms with Crippen LogP contribution in [0, 0.1) is 30.6 Å². The van der Waals surface area contributed by atoms with Crippen molar-refractivity contribution in [1.29, 1.82) is 5.26 Å². The standard InChI is InChI=1S/C36H22ClFN4O4S/c1-21-10-13-27(20-41-21)47(44,45)42-32-15-12-26(38)18-29(32)34(33-25(19-39)8-5-9-31(33)40-2)35(42)23-7-4-6-22(16-23)28-14-11-24(17-30(28)37)36(43)46-3/h4-18,20H,1,3H3. The van der Waals surface area contributed by atoms with Gasteiger partial charge in [0.2, 0.25) is 0 Å². The number of benzene rings is 4. The third-order valence-corrected chi connectivity index (χ3v) is 9.69. The lowest BCUT2D eigenvalue weighted by atomic mass is 9.92. The van der Waals surface area contributed by atoms with Crippen molar-refractivity contribution in [3.05, 3.63) is 136 Å². The summed E-state index contributed by atoms with van der Waals surface area (Å²) < 4.78 is 50.0. The molecule has 8 nitrogen and oxygen atoms in total. The van der Waals surface area contributed by atoms with E-state index < -0.39 is 21.8 Å². The Balaban J connectivity index is 1.76. The number of nitrogens with zero attached hydrogens (tertiary/aromatic N) is 4. The second-order valence-corrected chi connectivity index (χ2v) is 12.7. The number of halogens is 2. The SMILES string of the molecule is [C-]#[N+]c1cccc(C#N)c1-c1c(-c2cccc(-c3ccc(C(=O)OC)cc3Cl)c2)n(S(=O)(=O)c2ccc(C)nc2)c2ccc(F)cc12. The molecule has 0 radical (unpaired) electrons. The molecule has 0 fully saturated rings. The van der Waals surface area contributed by atoms with Crippen LogP contribution >= 0.6 is 11.6 Å². The van der Waals surface area contributed by atoms with Gasteiger partial charge in [0.25, 0.3) is 10.0 Å². The molecule has 0 unspecified atom stereocenters. The number of nitriles is 1. The Bertz CT molecular complexity index is 2410. The van der Waals surface area contributed by atoms with Gasteiger partial charge in [-0.25, -0.2) is 26.4 Å². The third kappa shape index (κ3) is 5.40. The summed E-state index contributed by atoms with van der Waals surface area (Å²) in [5.41, 5.74) is 3.12. The molecule has 2 heterocycles. The molecule has 230 valence electrons. The minimum Gasteiger partial charge on any atom is -0.465 e. The second kappa shape index (κ2) is 12.2. The number of methoxy groups -OCH3 is 1. The zero-order chi connectivity index (χ0) is 33.5. The maximum absolute atomic E-state index is 15.0. The Morgan fingerprint density at radius 2 is 1.77 bits per heavy atom. The first-order chi connectivity index (χ1) is 22.6. The molecule has 6 rings (SSSR count). The maximum Gasteiger partial charge on any atom is 0.337 e. The number of esters is 1. The Hall–Kier alpha value is -5.81. The van der Waals surface area contributed by atoms with Crippen LogP contribution in [0.25, 0.3) is 49.3 Å². The zero-order valence-electron chi connectivity index (χ0n) is 24.8. The van der Waals surface area contributed by atoms with Crippen LogP contribution in [-0.4, -0.2) is 30.5 Å². The first-order valence-electron chi connectivity index (χ1n) is 14.0. The van der Waals surface area contributed by atoms with Gasteiger partial charge in [-0.2, -0.15) is 5.26 Å². The van der Waals surface area contributed by atoms with Gasteiger partial charge in [0.15, 0.2) is 5.69 Å². The van der Waals surface area contributed by atoms with Gasteiger partial charge in [0.05, 0.1) is 36.5 Å². The highest BCUT2D eigenvalue weighted by atomic mass is 35.5. The molecule has 0 saturated heterocycles. The summed E-state index contributed by atoms with van der Waals surface area (Å²) in [6, 6.07) is 25.0. The van der Waals surface area contributed by atoms with Crippen molar-refractivity contribution >= 4 is 44.2 Å². The largest absolute Gasteiger partial charge is 0.465 e. The van der Waals surface area contributed by atoms with Crippen molar-refractivity contribution < 1.29 is 22.3 Å². The lowest BCUT2D eigenvalue weighted by Gasteiger charge is -2.16. The van der Waals surface area contributed by atoms with Gasteiger partial charge >= 0.3 is 5.97 Å². The van der Waals surface area contributed by atoms with E-state index in [0.717, 1.165) is 10.0 Å². The molecule has 0 spiro atoms. The fraction of sp³-hybridized carbons (Fsp3) is 0.0556. The number of ether oxygens (including phenoxy) is 1. The highest BCUT2D eigenvalue weighted by Crippen LogP contribution is 2.48. The number of aryl methyl sites for hydroxylation is 1. The van der Waals surface area contributed by atoms with E-state index in [9.17, 15) is 18.5 Å². The zero-order valence-corrected chi connectivity index (χ0v) is 26.4. The summed E-state index contributed by atoms with van der Waals surface area (Å²) >= 11 is 6.62. The number of rotatable bonds is 6. The molecular weight excluding hydrogens is 639 g/mol. The molecule has 0 aliphatic rings. The highest BCUT2D eigenvalue weighted by Gasteiger charge is 2.31. The molecule has 0 N–H and O–H groups in total. The smallest absolute Gasteiger partial charge is 0.337 e. The van der Waals surface area contributed by atoms with Gasteiger partial charge in [-0.05, 0) is 67.1 Å². The molecule has 0 saturated carbocycles. The van der Waals surface area contributed by atoms with E-state index in [1.54, 1.807) is 55.5 Å². The van der Waals surface area contributed by atoms with E-state index in [2.05, 4.69) is 15.9 Å². The molecule has 0 aliphatic carbocycles. The van der Waals surface area contributed by atoms with Crippen LogP contribution in [0.3, 0.4) is 0 Å². The van der Waals surface area contributed by atoms with E-state index in [1.165, 1.54) is 49.7 Å². The van der Waals surface area contributed by atoms with E-state index in [0.29, 0.717) is 22.4 Å². The first-order valence-corrected chi connectivity index (χ1v) is 15.8. The van der Waals surface area contributed by atoms with Crippen LogP contribution < -0.4 is 0 Å². The molecule has 2 aromatic heterocycles. The Labute approximate surface area is 274 Å². The van der Waals surface area contributed by atoms with E-state index >= 15 is 4.39 Å². The first kappa shape index (κ1) is 31.2. The van der Waals surface area contributed by atoms with Gasteiger partial charge in [-0.15, -0.1) is 0 Å². The Morgan fingerprint density at radius 1 is 1.00 bits per heavy atom. The molecule has 0 amide bonds. The molecular formula is C36H22ClFN4O4S. The van der Waals surface area contributed by atoms with Crippen LogP contribution in [0.5, 0.6) is 0 Å². The second-order valence-electron chi connectivity index (χ2n) is 10.5. The number of pyridine rings is 1. The van der Waals surface area contributed by atoms with Crippen LogP contribution in [0.15, 0.2) is 102 Å². The van der Waals surface area contributed by atoms with Crippen molar-refractivity contribution in [2.75, 3.05) is 7.11 Å². The number of carbonyl (C=O) groups excluding carboxylic acids is 1. The lowest BCUT2D eigenvalue weighted by Crippen LogP contribution is -2.15. The minimum atomic E-state index is -4.41. The topological polar surface area (TPSA) is 106 Å². The van der Waals surface area contributed by atoms with E-state index in [4.69, 9.17) is 22.9 Å². The Kier molecular flexibility index (Phi) is 8.08. The van der Waals surface area contributed by atoms with Crippen molar-refractivity contribution in [2.24, 2.45) is 0 Å². The minimum absolute atomic E-state index is 0.0839. The number of aromatic nitrogens is 2. The van der Waals surface area contributed by atoms with Crippen molar-refractivity contribution in [3.8, 4) is 39.6 Å². The maximum atomic E-state index is 15.0. The van der Waals surface area contributed by atoms with Crippen LogP contribution in [-0.2, 0) is 14.8 Å². The fourth-order valence-electron chi connectivity index (χ4n) is 5.53. The normalized spacial score (nSPS) is 11.2. The van der Waals surface area contributed by atoms with Crippen molar-refractivity contribution in [2.45, 2.75) is 11.8 Å². The van der Waals surface area contributed by atoms with Crippen LogP contribution in [0.2, 0.25) is 5.02 Å². The lowest BCUT2D eigenvalue weighted by molar-refractivity contribution is 0.0600. The average molecular weight is 661 g/mol. The van der Waals surface area contributed by atoms with E-state index in [1.807, 2.05) is 0 Å². The number of carbonyl (C=O) groups is 1. The number of hydrogen-bond acceptors (Lipinski definition) is 6. The summed E-state index contributed by atoms with van der Waals surface area (Å²) in [7, 11) is -3.15. The van der Waals surface area contributed by atoms with Crippen molar-refractivity contribution in [1.82, 2.24) is 8.96 Å². The molecule has 0 bridgehead atoms. The Morgan fingerprint density at radius 3 is 2.45 bits per heavy atom. The molecule has 0 aliphatic heterocycles. The van der Waals surface area contributed by atoms with Gasteiger partial charge in [-0.1, -0.05) is 48.0 Å². The highest BCUT2D eigenvalue weighted by molar-refractivity contribution is 7.90. The summed E-state index contributed by atoms with van der Waals surface area (Å²) in [5, 5.41) is 10.6. The van der Waals surface area contributed by atoms with Gasteiger partial charge in [-0.3, -0.25) is 4.98 Å². The quantitative estimate of drug-likeness (QED) is 0.131. The molecule has 11 heteroatoms. The van der Waals surface area contributed by atoms with Crippen LogP contribution in [0.1, 0.15) is 21.6 Å². The fourth-order valence-corrected chi connectivity index (χ4v) is 7.31. The number of hydrogen-bond donors (Lipinski definition) is 0. The molecule has 47 heavy (non-hydrogen) atoms. The van der Waals surface area contributed by atoms with Gasteiger partial charge < -0.3 is 4.74 Å². The molecule has 4 aromatic carbocycles. The predicted octanol–water partition coefficient (Wildman–Crippen LogP) is 8.58. The van der Waals surface area contributed by atoms with Gasteiger partial charge in [0, 0.05) is 50.1 Å². The summed E-state index contributed by atoms with van der Waals surface area (Å²) in [5.74, 6) is -1.20. The monoisotopic (exact) mass is 660 g/mol. The molecule has 0 atom stereocenters. The average Bonchev–Trinajstić information content (AvgIpc) is 3.42. The van der Waals surface area contributed by atoms with Crippen molar-refractivity contribution in [3.63, 3.8) is 0 Å². The predicted molar refractivity (Wildman–Crippen MR) is 177 cm³/mol. The number of fused-ring (bicyclic) bond motifs is 1. The van der Waals surface area contributed by atoms with Crippen LogP contribution in [0.4, 0.5) is 10.1 Å². The third-order valence-electron chi connectivity index (χ3n) is 7.68. The van der Waals surface area contributed by atoms with E-state index in [-0.39, 0.29) is 54.5 Å². The summed E-state index contributed by atoms with van der Waals surface area (Å²) in [6.07, 6.45) is 1.25. The summed E-state index contributed by atoms with van der Waals surface area (Å²) in [6.45, 7) is 9.64. The molecule has 6 aromatic rings.